The van der Waals surface area contributed by atoms with Crippen molar-refractivity contribution in [1.82, 2.24) is 0 Å². The van der Waals surface area contributed by atoms with Gasteiger partial charge in [-0.05, 0) is 48.1 Å². The maximum atomic E-state index is 11.9. The van der Waals surface area contributed by atoms with Gasteiger partial charge in [-0.2, -0.15) is 0 Å². The SMILES string of the molecule is Cc1ccc(C)c(NC(=O)CO/N=C\c2ccc(C(C)C)cc2)c1. The molecule has 0 fully saturated rings. The summed E-state index contributed by atoms with van der Waals surface area (Å²) in [6.07, 6.45) is 1.61. The van der Waals surface area contributed by atoms with Crippen LogP contribution in [0.15, 0.2) is 47.6 Å². The molecule has 1 N–H and O–H groups in total. The molecule has 0 bridgehead atoms. The Hall–Kier alpha value is -2.62. The van der Waals surface area contributed by atoms with Crippen molar-refractivity contribution in [3.63, 3.8) is 0 Å². The lowest BCUT2D eigenvalue weighted by Crippen LogP contribution is -2.17. The van der Waals surface area contributed by atoms with E-state index in [2.05, 4.69) is 36.5 Å². The number of nitrogens with zero attached hydrogens (tertiary/aromatic N) is 1. The molecule has 4 nitrogen and oxygen atoms in total. The Bertz CT molecular complexity index is 719. The van der Waals surface area contributed by atoms with Gasteiger partial charge in [-0.15, -0.1) is 0 Å². The molecule has 1 amide bonds. The average Bonchev–Trinajstić information content (AvgIpc) is 2.55. The molecule has 0 saturated carbocycles. The molecule has 0 radical (unpaired) electrons. The molecule has 0 heterocycles. The van der Waals surface area contributed by atoms with Gasteiger partial charge in [0, 0.05) is 5.69 Å². The van der Waals surface area contributed by atoms with Crippen molar-refractivity contribution in [3.05, 3.63) is 64.7 Å². The van der Waals surface area contributed by atoms with E-state index in [0.29, 0.717) is 5.92 Å². The van der Waals surface area contributed by atoms with Gasteiger partial charge in [0.15, 0.2) is 6.61 Å². The van der Waals surface area contributed by atoms with E-state index in [-0.39, 0.29) is 12.5 Å². The third kappa shape index (κ3) is 5.23. The number of carbonyl (C=O) groups is 1. The lowest BCUT2D eigenvalue weighted by molar-refractivity contribution is -0.120. The zero-order valence-electron chi connectivity index (χ0n) is 14.7. The van der Waals surface area contributed by atoms with Gasteiger partial charge in [0.2, 0.25) is 0 Å². The molecule has 2 aromatic carbocycles. The first-order valence-corrected chi connectivity index (χ1v) is 8.08. The molecule has 0 atom stereocenters. The van der Waals surface area contributed by atoms with Gasteiger partial charge in [-0.3, -0.25) is 4.79 Å². The Balaban J connectivity index is 1.82. The number of oxime groups is 1. The van der Waals surface area contributed by atoms with E-state index in [9.17, 15) is 4.79 Å². The van der Waals surface area contributed by atoms with Crippen LogP contribution >= 0.6 is 0 Å². The highest BCUT2D eigenvalue weighted by molar-refractivity contribution is 5.92. The lowest BCUT2D eigenvalue weighted by atomic mass is 10.0. The number of benzene rings is 2. The first-order chi connectivity index (χ1) is 11.5. The second kappa shape index (κ2) is 8.29. The van der Waals surface area contributed by atoms with E-state index in [4.69, 9.17) is 4.84 Å². The number of aryl methyl sites for hydroxylation is 2. The quantitative estimate of drug-likeness (QED) is 0.632. The first kappa shape index (κ1) is 17.7. The average molecular weight is 324 g/mol. The van der Waals surface area contributed by atoms with Gasteiger partial charge in [0.05, 0.1) is 6.21 Å². The fraction of sp³-hybridized carbons (Fsp3) is 0.300. The number of anilines is 1. The van der Waals surface area contributed by atoms with E-state index >= 15 is 0 Å². The highest BCUT2D eigenvalue weighted by Gasteiger charge is 2.05. The van der Waals surface area contributed by atoms with E-state index in [1.807, 2.05) is 44.2 Å². The van der Waals surface area contributed by atoms with E-state index in [1.165, 1.54) is 5.56 Å². The molecule has 0 unspecified atom stereocenters. The minimum atomic E-state index is -0.226. The maximum Gasteiger partial charge on any atom is 0.265 e. The summed E-state index contributed by atoms with van der Waals surface area (Å²) < 4.78 is 0. The van der Waals surface area contributed by atoms with Crippen molar-refractivity contribution in [3.8, 4) is 0 Å². The summed E-state index contributed by atoms with van der Waals surface area (Å²) in [5.74, 6) is 0.275. The van der Waals surface area contributed by atoms with Crippen LogP contribution in [0.1, 0.15) is 42.0 Å². The molecule has 4 heteroatoms. The zero-order chi connectivity index (χ0) is 17.5. The lowest BCUT2D eigenvalue weighted by Gasteiger charge is -2.08. The predicted octanol–water partition coefficient (Wildman–Crippen LogP) is 4.42. The van der Waals surface area contributed by atoms with Crippen LogP contribution < -0.4 is 5.32 Å². The van der Waals surface area contributed by atoms with E-state index in [0.717, 1.165) is 22.4 Å². The summed E-state index contributed by atoms with van der Waals surface area (Å²) in [6.45, 7) is 8.13. The molecule has 0 aliphatic carbocycles. The highest BCUT2D eigenvalue weighted by Crippen LogP contribution is 2.16. The van der Waals surface area contributed by atoms with Crippen LogP contribution in [0.2, 0.25) is 0 Å². The van der Waals surface area contributed by atoms with Crippen LogP contribution in [0.5, 0.6) is 0 Å². The maximum absolute atomic E-state index is 11.9. The fourth-order valence-electron chi connectivity index (χ4n) is 2.22. The monoisotopic (exact) mass is 324 g/mol. The summed E-state index contributed by atoms with van der Waals surface area (Å²) >= 11 is 0. The highest BCUT2D eigenvalue weighted by atomic mass is 16.6. The summed E-state index contributed by atoms with van der Waals surface area (Å²) in [6, 6.07) is 14.0. The van der Waals surface area contributed by atoms with Crippen molar-refractivity contribution in [2.24, 2.45) is 5.16 Å². The molecule has 0 aliphatic rings. The standard InChI is InChI=1S/C20H24N2O2/c1-14(2)18-9-7-17(8-10-18)12-21-24-13-20(23)22-19-11-15(3)5-6-16(19)4/h5-12,14H,13H2,1-4H3,(H,22,23)/b21-12-. The molecule has 126 valence electrons. The van der Waals surface area contributed by atoms with E-state index in [1.54, 1.807) is 6.21 Å². The van der Waals surface area contributed by atoms with Crippen molar-refractivity contribution in [2.45, 2.75) is 33.6 Å². The number of hydrogen-bond acceptors (Lipinski definition) is 3. The second-order valence-corrected chi connectivity index (χ2v) is 6.20. The molecule has 0 saturated heterocycles. The molecule has 2 rings (SSSR count). The smallest absolute Gasteiger partial charge is 0.265 e. The third-order valence-corrected chi connectivity index (χ3v) is 3.74. The van der Waals surface area contributed by atoms with Crippen molar-refractivity contribution >= 4 is 17.8 Å². The van der Waals surface area contributed by atoms with Crippen LogP contribution in [0.3, 0.4) is 0 Å². The number of carbonyl (C=O) groups excluding carboxylic acids is 1. The Labute approximate surface area is 143 Å². The summed E-state index contributed by atoms with van der Waals surface area (Å²) in [7, 11) is 0. The Morgan fingerprint density at radius 3 is 2.54 bits per heavy atom. The minimum absolute atomic E-state index is 0.117. The van der Waals surface area contributed by atoms with Crippen molar-refractivity contribution in [1.29, 1.82) is 0 Å². The Morgan fingerprint density at radius 2 is 1.88 bits per heavy atom. The van der Waals surface area contributed by atoms with Gasteiger partial charge in [0.1, 0.15) is 0 Å². The van der Waals surface area contributed by atoms with Crippen LogP contribution in [-0.2, 0) is 9.63 Å². The normalized spacial score (nSPS) is 11.0. The van der Waals surface area contributed by atoms with Crippen molar-refractivity contribution < 1.29 is 9.63 Å². The molecule has 0 aromatic heterocycles. The fourth-order valence-corrected chi connectivity index (χ4v) is 2.22. The van der Waals surface area contributed by atoms with Gasteiger partial charge in [-0.25, -0.2) is 0 Å². The molecular formula is C20H24N2O2. The van der Waals surface area contributed by atoms with E-state index < -0.39 is 0 Å². The molecule has 2 aromatic rings. The second-order valence-electron chi connectivity index (χ2n) is 6.20. The van der Waals surface area contributed by atoms with Crippen LogP contribution in [-0.4, -0.2) is 18.7 Å². The van der Waals surface area contributed by atoms with Crippen LogP contribution in [0, 0.1) is 13.8 Å². The number of rotatable bonds is 6. The summed E-state index contributed by atoms with van der Waals surface area (Å²) in [4.78, 5) is 17.0. The molecular weight excluding hydrogens is 300 g/mol. The molecule has 0 aliphatic heterocycles. The molecule has 0 spiro atoms. The third-order valence-electron chi connectivity index (χ3n) is 3.74. The number of nitrogens with one attached hydrogen (secondary N) is 1. The van der Waals surface area contributed by atoms with Crippen LogP contribution in [0.4, 0.5) is 5.69 Å². The zero-order valence-corrected chi connectivity index (χ0v) is 14.7. The summed E-state index contributed by atoms with van der Waals surface area (Å²) in [5.41, 5.74) is 5.13. The Kier molecular flexibility index (Phi) is 6.13. The molecule has 24 heavy (non-hydrogen) atoms. The minimum Gasteiger partial charge on any atom is -0.386 e. The predicted molar refractivity (Wildman–Crippen MR) is 98.6 cm³/mol. The number of hydrogen-bond donors (Lipinski definition) is 1. The van der Waals surface area contributed by atoms with Gasteiger partial charge >= 0.3 is 0 Å². The first-order valence-electron chi connectivity index (χ1n) is 8.08. The number of amides is 1. The van der Waals surface area contributed by atoms with Crippen LogP contribution in [0.25, 0.3) is 0 Å². The Morgan fingerprint density at radius 1 is 1.17 bits per heavy atom. The largest absolute Gasteiger partial charge is 0.386 e. The topological polar surface area (TPSA) is 50.7 Å². The van der Waals surface area contributed by atoms with Gasteiger partial charge in [0.25, 0.3) is 5.91 Å². The van der Waals surface area contributed by atoms with Gasteiger partial charge < -0.3 is 10.2 Å². The van der Waals surface area contributed by atoms with Crippen molar-refractivity contribution in [2.75, 3.05) is 11.9 Å². The van der Waals surface area contributed by atoms with Gasteiger partial charge in [-0.1, -0.05) is 55.4 Å². The summed E-state index contributed by atoms with van der Waals surface area (Å²) in [5, 5.41) is 6.68.